The maximum Gasteiger partial charge on any atom is 0.350 e. The Morgan fingerprint density at radius 2 is 1.63 bits per heavy atom. The Morgan fingerprint density at radius 3 is 2.05 bits per heavy atom. The standard InChI is InChI=1S/C15H22NO3/c1-14(2,3)19-13(17)15(4,5)18-12-8-6-11(10-16)7-9-12/h6-9,16H,10H2,1-5H3. The van der Waals surface area contributed by atoms with Gasteiger partial charge in [0, 0.05) is 6.54 Å². The first-order chi connectivity index (χ1) is 8.64. The predicted molar refractivity (Wildman–Crippen MR) is 73.8 cm³/mol. The number of ether oxygens (including phenoxy) is 2. The van der Waals surface area contributed by atoms with E-state index in [0.717, 1.165) is 5.56 Å². The lowest BCUT2D eigenvalue weighted by molar-refractivity contribution is -0.170. The van der Waals surface area contributed by atoms with Gasteiger partial charge in [-0.05, 0) is 52.3 Å². The van der Waals surface area contributed by atoms with Gasteiger partial charge in [-0.3, -0.25) is 5.73 Å². The average molecular weight is 264 g/mol. The topological polar surface area (TPSA) is 59.3 Å². The van der Waals surface area contributed by atoms with Crippen molar-refractivity contribution < 1.29 is 14.3 Å². The third kappa shape index (κ3) is 4.91. The summed E-state index contributed by atoms with van der Waals surface area (Å²) in [7, 11) is 0. The lowest BCUT2D eigenvalue weighted by Gasteiger charge is -2.29. The molecule has 0 saturated heterocycles. The number of hydrogen-bond acceptors (Lipinski definition) is 3. The molecule has 0 bridgehead atoms. The number of benzene rings is 1. The highest BCUT2D eigenvalue weighted by Gasteiger charge is 2.34. The summed E-state index contributed by atoms with van der Waals surface area (Å²) in [5.41, 5.74) is 6.57. The molecule has 1 rings (SSSR count). The molecule has 19 heavy (non-hydrogen) atoms. The molecule has 0 aliphatic heterocycles. The summed E-state index contributed by atoms with van der Waals surface area (Å²) in [5, 5.41) is 0. The molecule has 0 atom stereocenters. The number of esters is 1. The second-order valence-electron chi connectivity index (χ2n) is 5.93. The van der Waals surface area contributed by atoms with E-state index in [4.69, 9.17) is 15.2 Å². The van der Waals surface area contributed by atoms with E-state index in [1.54, 1.807) is 26.0 Å². The molecule has 0 aliphatic carbocycles. The largest absolute Gasteiger partial charge is 0.476 e. The quantitative estimate of drug-likeness (QED) is 0.785. The van der Waals surface area contributed by atoms with Crippen molar-refractivity contribution in [2.75, 3.05) is 0 Å². The van der Waals surface area contributed by atoms with E-state index >= 15 is 0 Å². The zero-order valence-corrected chi connectivity index (χ0v) is 12.2. The Morgan fingerprint density at radius 1 is 1.11 bits per heavy atom. The van der Waals surface area contributed by atoms with Crippen LogP contribution in [0.5, 0.6) is 5.75 Å². The minimum atomic E-state index is -1.05. The van der Waals surface area contributed by atoms with Crippen molar-refractivity contribution in [3.8, 4) is 5.75 Å². The molecule has 0 aromatic heterocycles. The van der Waals surface area contributed by atoms with Crippen molar-refractivity contribution in [1.82, 2.24) is 5.73 Å². The Kier molecular flexibility index (Phi) is 4.58. The van der Waals surface area contributed by atoms with Crippen LogP contribution in [0.3, 0.4) is 0 Å². The Labute approximate surface area is 114 Å². The normalized spacial score (nSPS) is 12.1. The lowest BCUT2D eigenvalue weighted by atomic mass is 10.1. The van der Waals surface area contributed by atoms with E-state index in [-0.39, 0.29) is 6.54 Å². The van der Waals surface area contributed by atoms with Gasteiger partial charge >= 0.3 is 5.97 Å². The highest BCUT2D eigenvalue weighted by molar-refractivity contribution is 5.79. The minimum Gasteiger partial charge on any atom is -0.476 e. The van der Waals surface area contributed by atoms with Crippen LogP contribution in [0.25, 0.3) is 0 Å². The smallest absolute Gasteiger partial charge is 0.350 e. The van der Waals surface area contributed by atoms with Crippen molar-refractivity contribution >= 4 is 5.97 Å². The van der Waals surface area contributed by atoms with Crippen LogP contribution in [0, 0.1) is 0 Å². The molecule has 1 N–H and O–H groups in total. The first-order valence-electron chi connectivity index (χ1n) is 6.30. The van der Waals surface area contributed by atoms with Gasteiger partial charge in [0.15, 0.2) is 5.60 Å². The van der Waals surface area contributed by atoms with E-state index in [9.17, 15) is 4.79 Å². The molecule has 4 nitrogen and oxygen atoms in total. The van der Waals surface area contributed by atoms with Crippen molar-refractivity contribution in [3.63, 3.8) is 0 Å². The van der Waals surface area contributed by atoms with Crippen LogP contribution in [-0.4, -0.2) is 17.2 Å². The fourth-order valence-electron chi connectivity index (χ4n) is 1.41. The van der Waals surface area contributed by atoms with Crippen LogP contribution in [0.4, 0.5) is 0 Å². The van der Waals surface area contributed by atoms with Crippen molar-refractivity contribution in [1.29, 1.82) is 0 Å². The summed E-state index contributed by atoms with van der Waals surface area (Å²) in [5.74, 6) is 0.192. The number of carbonyl (C=O) groups excluding carboxylic acids is 1. The van der Waals surface area contributed by atoms with Gasteiger partial charge in [-0.1, -0.05) is 12.1 Å². The number of carbonyl (C=O) groups is 1. The molecule has 0 fully saturated rings. The second-order valence-corrected chi connectivity index (χ2v) is 5.93. The molecule has 1 aromatic rings. The Balaban J connectivity index is 2.74. The number of nitrogens with one attached hydrogen (secondary N) is 1. The highest BCUT2D eigenvalue weighted by atomic mass is 16.6. The van der Waals surface area contributed by atoms with Gasteiger partial charge in [0.1, 0.15) is 11.4 Å². The molecular formula is C15H22NO3. The number of rotatable bonds is 4. The Hall–Kier alpha value is -1.55. The molecule has 1 radical (unpaired) electrons. The Bertz CT molecular complexity index is 430. The molecule has 0 aliphatic rings. The van der Waals surface area contributed by atoms with Gasteiger partial charge in [0.25, 0.3) is 0 Å². The van der Waals surface area contributed by atoms with Crippen LogP contribution in [0.2, 0.25) is 0 Å². The third-order valence-electron chi connectivity index (χ3n) is 2.39. The molecule has 0 spiro atoms. The van der Waals surface area contributed by atoms with Crippen LogP contribution in [-0.2, 0) is 16.1 Å². The van der Waals surface area contributed by atoms with E-state index in [1.807, 2.05) is 32.9 Å². The molecule has 0 amide bonds. The van der Waals surface area contributed by atoms with Crippen LogP contribution >= 0.6 is 0 Å². The van der Waals surface area contributed by atoms with Gasteiger partial charge in [0.2, 0.25) is 0 Å². The zero-order chi connectivity index (χ0) is 14.7. The summed E-state index contributed by atoms with van der Waals surface area (Å²) >= 11 is 0. The fourth-order valence-corrected chi connectivity index (χ4v) is 1.41. The van der Waals surface area contributed by atoms with Crippen LogP contribution < -0.4 is 10.5 Å². The van der Waals surface area contributed by atoms with Gasteiger partial charge < -0.3 is 9.47 Å². The predicted octanol–water partition coefficient (Wildman–Crippen LogP) is 2.97. The maximum atomic E-state index is 12.0. The average Bonchev–Trinajstić information content (AvgIpc) is 2.27. The molecule has 105 valence electrons. The third-order valence-corrected chi connectivity index (χ3v) is 2.39. The summed E-state index contributed by atoms with van der Waals surface area (Å²) in [6.45, 7) is 9.06. The summed E-state index contributed by atoms with van der Waals surface area (Å²) in [6, 6.07) is 7.15. The van der Waals surface area contributed by atoms with Crippen molar-refractivity contribution in [2.45, 2.75) is 52.4 Å². The van der Waals surface area contributed by atoms with Gasteiger partial charge in [-0.15, -0.1) is 0 Å². The van der Waals surface area contributed by atoms with Gasteiger partial charge in [-0.2, -0.15) is 0 Å². The minimum absolute atomic E-state index is 0.232. The van der Waals surface area contributed by atoms with Gasteiger partial charge in [0.05, 0.1) is 0 Å². The van der Waals surface area contributed by atoms with E-state index in [1.165, 1.54) is 0 Å². The van der Waals surface area contributed by atoms with Crippen molar-refractivity contribution in [2.24, 2.45) is 0 Å². The van der Waals surface area contributed by atoms with Gasteiger partial charge in [-0.25, -0.2) is 4.79 Å². The van der Waals surface area contributed by atoms with Crippen molar-refractivity contribution in [3.05, 3.63) is 29.8 Å². The molecule has 0 heterocycles. The molecular weight excluding hydrogens is 242 g/mol. The summed E-state index contributed by atoms with van der Waals surface area (Å²) < 4.78 is 11.0. The molecule has 0 saturated carbocycles. The van der Waals surface area contributed by atoms with E-state index in [0.29, 0.717) is 5.75 Å². The van der Waals surface area contributed by atoms with E-state index in [2.05, 4.69) is 0 Å². The lowest BCUT2D eigenvalue weighted by Crippen LogP contribution is -2.43. The van der Waals surface area contributed by atoms with Crippen LogP contribution in [0.1, 0.15) is 40.2 Å². The first kappa shape index (κ1) is 15.5. The molecule has 1 aromatic carbocycles. The molecule has 4 heteroatoms. The summed E-state index contributed by atoms with van der Waals surface area (Å²) in [6.07, 6.45) is 0. The SMILES string of the molecule is CC(C)(C)OC(=O)C(C)(C)Oc1ccc(C[NH])cc1. The van der Waals surface area contributed by atoms with Crippen LogP contribution in [0.15, 0.2) is 24.3 Å². The zero-order valence-electron chi connectivity index (χ0n) is 12.2. The first-order valence-corrected chi connectivity index (χ1v) is 6.30. The van der Waals surface area contributed by atoms with E-state index < -0.39 is 17.2 Å². The number of hydrogen-bond donors (Lipinski definition) is 0. The monoisotopic (exact) mass is 264 g/mol. The highest BCUT2D eigenvalue weighted by Crippen LogP contribution is 2.22. The molecule has 0 unspecified atom stereocenters. The maximum absolute atomic E-state index is 12.0. The summed E-state index contributed by atoms with van der Waals surface area (Å²) in [4.78, 5) is 12.0. The second kappa shape index (κ2) is 5.61. The fraction of sp³-hybridized carbons (Fsp3) is 0.533.